The van der Waals surface area contributed by atoms with Gasteiger partial charge in [0, 0.05) is 24.5 Å². The monoisotopic (exact) mass is 391 g/mol. The Hall–Kier alpha value is -3.25. The van der Waals surface area contributed by atoms with Gasteiger partial charge in [0.05, 0.1) is 5.52 Å². The normalized spacial score (nSPS) is 10.8. The van der Waals surface area contributed by atoms with E-state index >= 15 is 0 Å². The van der Waals surface area contributed by atoms with E-state index in [4.69, 9.17) is 11.6 Å². The fraction of sp³-hybridized carbons (Fsp3) is 0.176. The van der Waals surface area contributed by atoms with Crippen LogP contribution in [-0.2, 0) is 6.54 Å². The molecule has 0 saturated heterocycles. The van der Waals surface area contributed by atoms with Gasteiger partial charge in [-0.1, -0.05) is 11.6 Å². The molecule has 1 N–H and O–H groups in total. The number of amides is 1. The van der Waals surface area contributed by atoms with Gasteiger partial charge in [-0.05, 0) is 24.6 Å². The Bertz CT molecular complexity index is 1090. The van der Waals surface area contributed by atoms with Crippen molar-refractivity contribution in [1.82, 2.24) is 14.5 Å². The van der Waals surface area contributed by atoms with E-state index in [1.165, 1.54) is 16.7 Å². The minimum atomic E-state index is -1.32. The number of anilines is 1. The van der Waals surface area contributed by atoms with E-state index in [9.17, 15) is 23.9 Å². The topological polar surface area (TPSA) is 95.0 Å². The summed E-state index contributed by atoms with van der Waals surface area (Å²) in [6.45, 7) is 1.33. The molecular formula is C17H12ClF2N5O2. The number of aryl methyl sites for hydroxylation is 1. The molecule has 7 nitrogen and oxygen atoms in total. The van der Waals surface area contributed by atoms with Gasteiger partial charge in [-0.15, -0.1) is 0 Å². The summed E-state index contributed by atoms with van der Waals surface area (Å²) in [6, 6.07) is 5.68. The summed E-state index contributed by atoms with van der Waals surface area (Å²) in [5.74, 6) is -2.11. The van der Waals surface area contributed by atoms with Crippen molar-refractivity contribution in [2.75, 3.05) is 11.4 Å². The van der Waals surface area contributed by atoms with Crippen LogP contribution in [0.5, 0.6) is 0 Å². The van der Waals surface area contributed by atoms with Gasteiger partial charge in [0.2, 0.25) is 0 Å². The van der Waals surface area contributed by atoms with Gasteiger partial charge in [-0.2, -0.15) is 5.26 Å². The molecule has 3 rings (SSSR count). The van der Waals surface area contributed by atoms with Gasteiger partial charge in [-0.3, -0.25) is 4.90 Å². The lowest BCUT2D eigenvalue weighted by molar-refractivity contribution is 0.201. The number of nitriles is 1. The molecule has 0 spiro atoms. The number of halogens is 3. The lowest BCUT2D eigenvalue weighted by Gasteiger charge is -2.19. The Labute approximate surface area is 157 Å². The van der Waals surface area contributed by atoms with Crippen LogP contribution in [0.15, 0.2) is 24.5 Å². The summed E-state index contributed by atoms with van der Waals surface area (Å²) < 4.78 is 29.5. The Morgan fingerprint density at radius 2 is 2.11 bits per heavy atom. The summed E-state index contributed by atoms with van der Waals surface area (Å²) in [5, 5.41) is 19.2. The number of aromatic nitrogens is 3. The molecule has 0 saturated carbocycles. The second kappa shape index (κ2) is 7.17. The number of nitrogens with zero attached hydrogens (tertiary/aromatic N) is 5. The molecule has 0 aliphatic rings. The quantitative estimate of drug-likeness (QED) is 0.684. The third-order valence-electron chi connectivity index (χ3n) is 4.07. The average molecular weight is 392 g/mol. The van der Waals surface area contributed by atoms with Crippen LogP contribution in [-0.4, -0.2) is 32.3 Å². The number of rotatable bonds is 4. The standard InChI is InChI=1S/C17H12ClF2N5O2/c1-9-4-12(19)15(20)16-11(9)5-10(7-21)24(16)2-3-25(17(26)27)14-6-13(18)22-8-23-14/h4-6,8H,2-3H2,1H3,(H,26,27). The number of carbonyl (C=O) groups is 1. The first-order valence-electron chi connectivity index (χ1n) is 7.69. The van der Waals surface area contributed by atoms with Gasteiger partial charge in [-0.25, -0.2) is 23.5 Å². The number of benzene rings is 1. The number of hydrogen-bond acceptors (Lipinski definition) is 4. The third kappa shape index (κ3) is 3.39. The maximum atomic E-state index is 14.4. The fourth-order valence-electron chi connectivity index (χ4n) is 2.84. The first-order chi connectivity index (χ1) is 12.8. The molecule has 0 aliphatic heterocycles. The zero-order valence-electron chi connectivity index (χ0n) is 13.9. The molecule has 2 heterocycles. The maximum absolute atomic E-state index is 14.4. The molecule has 27 heavy (non-hydrogen) atoms. The highest BCUT2D eigenvalue weighted by Gasteiger charge is 2.21. The van der Waals surface area contributed by atoms with Crippen LogP contribution in [0.2, 0.25) is 5.15 Å². The summed E-state index contributed by atoms with van der Waals surface area (Å²) in [6.07, 6.45) is -0.208. The van der Waals surface area contributed by atoms with E-state index in [1.807, 2.05) is 6.07 Å². The summed E-state index contributed by atoms with van der Waals surface area (Å²) in [4.78, 5) is 20.0. The molecule has 0 unspecified atom stereocenters. The van der Waals surface area contributed by atoms with E-state index in [2.05, 4.69) is 9.97 Å². The van der Waals surface area contributed by atoms with Crippen molar-refractivity contribution in [2.24, 2.45) is 0 Å². The average Bonchev–Trinajstić information content (AvgIpc) is 2.99. The van der Waals surface area contributed by atoms with Crippen molar-refractivity contribution in [2.45, 2.75) is 13.5 Å². The fourth-order valence-corrected chi connectivity index (χ4v) is 2.98. The molecule has 138 valence electrons. The predicted octanol–water partition coefficient (Wildman–Crippen LogP) is 3.73. The highest BCUT2D eigenvalue weighted by atomic mass is 35.5. The summed E-state index contributed by atoms with van der Waals surface area (Å²) in [7, 11) is 0. The molecule has 3 aromatic rings. The lowest BCUT2D eigenvalue weighted by Crippen LogP contribution is -2.33. The first kappa shape index (κ1) is 18.5. The van der Waals surface area contributed by atoms with E-state index in [1.54, 1.807) is 6.92 Å². The van der Waals surface area contributed by atoms with E-state index in [0.29, 0.717) is 10.9 Å². The number of hydrogen-bond donors (Lipinski definition) is 1. The molecule has 2 aromatic heterocycles. The molecule has 0 bridgehead atoms. The maximum Gasteiger partial charge on any atom is 0.413 e. The molecule has 0 aliphatic carbocycles. The van der Waals surface area contributed by atoms with Gasteiger partial charge in [0.1, 0.15) is 29.1 Å². The Morgan fingerprint density at radius 1 is 1.37 bits per heavy atom. The van der Waals surface area contributed by atoms with Gasteiger partial charge < -0.3 is 9.67 Å². The molecule has 0 atom stereocenters. The van der Waals surface area contributed by atoms with Crippen LogP contribution in [0.25, 0.3) is 10.9 Å². The van der Waals surface area contributed by atoms with Crippen LogP contribution < -0.4 is 4.90 Å². The molecule has 10 heteroatoms. The van der Waals surface area contributed by atoms with Crippen LogP contribution in [0, 0.1) is 29.9 Å². The van der Waals surface area contributed by atoms with Crippen molar-refractivity contribution in [3.63, 3.8) is 0 Å². The van der Waals surface area contributed by atoms with Crippen LogP contribution in [0.3, 0.4) is 0 Å². The third-order valence-corrected chi connectivity index (χ3v) is 4.28. The minimum Gasteiger partial charge on any atom is -0.465 e. The van der Waals surface area contributed by atoms with Crippen molar-refractivity contribution in [1.29, 1.82) is 5.26 Å². The molecule has 1 aromatic carbocycles. The lowest BCUT2D eigenvalue weighted by atomic mass is 10.1. The van der Waals surface area contributed by atoms with E-state index < -0.39 is 17.7 Å². The molecule has 0 radical (unpaired) electrons. The zero-order valence-corrected chi connectivity index (χ0v) is 14.7. The predicted molar refractivity (Wildman–Crippen MR) is 93.7 cm³/mol. The van der Waals surface area contributed by atoms with Gasteiger partial charge >= 0.3 is 6.09 Å². The van der Waals surface area contributed by atoms with Crippen LogP contribution in [0.4, 0.5) is 19.4 Å². The summed E-state index contributed by atoms with van der Waals surface area (Å²) >= 11 is 5.76. The van der Waals surface area contributed by atoms with Crippen molar-refractivity contribution < 1.29 is 18.7 Å². The van der Waals surface area contributed by atoms with Gasteiger partial charge in [0.25, 0.3) is 0 Å². The highest BCUT2D eigenvalue weighted by Crippen LogP contribution is 2.28. The van der Waals surface area contributed by atoms with Crippen molar-refractivity contribution in [3.8, 4) is 6.07 Å². The number of carboxylic acid groups (broad SMARTS) is 1. The van der Waals surface area contributed by atoms with Crippen molar-refractivity contribution in [3.05, 3.63) is 52.6 Å². The summed E-state index contributed by atoms with van der Waals surface area (Å²) in [5.41, 5.74) is 0.468. The van der Waals surface area contributed by atoms with E-state index in [-0.39, 0.29) is 35.3 Å². The zero-order chi connectivity index (χ0) is 19.7. The van der Waals surface area contributed by atoms with Gasteiger partial charge in [0.15, 0.2) is 11.6 Å². The number of fused-ring (bicyclic) bond motifs is 1. The molecule has 0 fully saturated rings. The van der Waals surface area contributed by atoms with Crippen molar-refractivity contribution >= 4 is 34.4 Å². The van der Waals surface area contributed by atoms with Crippen LogP contribution in [0.1, 0.15) is 11.3 Å². The Kier molecular flexibility index (Phi) is 4.92. The molecular weight excluding hydrogens is 380 g/mol. The smallest absolute Gasteiger partial charge is 0.413 e. The Morgan fingerprint density at radius 3 is 2.74 bits per heavy atom. The Balaban J connectivity index is 2.03. The highest BCUT2D eigenvalue weighted by molar-refractivity contribution is 6.29. The minimum absolute atomic E-state index is 0.0281. The van der Waals surface area contributed by atoms with E-state index in [0.717, 1.165) is 17.3 Å². The largest absolute Gasteiger partial charge is 0.465 e. The first-order valence-corrected chi connectivity index (χ1v) is 8.07. The second-order valence-electron chi connectivity index (χ2n) is 5.68. The molecule has 1 amide bonds. The SMILES string of the molecule is Cc1cc(F)c(F)c2c1cc(C#N)n2CCN(C(=O)O)c1cc(Cl)ncn1. The second-order valence-corrected chi connectivity index (χ2v) is 6.06. The van der Waals surface area contributed by atoms with Crippen LogP contribution >= 0.6 is 11.6 Å².